The minimum Gasteiger partial charge on any atom is -0.301 e. The van der Waals surface area contributed by atoms with Crippen molar-refractivity contribution in [2.75, 3.05) is 5.75 Å². The molecular weight excluding hydrogens is 264 g/mol. The first-order chi connectivity index (χ1) is 8.69. The highest BCUT2D eigenvalue weighted by atomic mass is 32.2. The minimum atomic E-state index is 0.0444. The van der Waals surface area contributed by atoms with E-state index in [1.165, 1.54) is 16.9 Å². The second kappa shape index (κ2) is 4.70. The summed E-state index contributed by atoms with van der Waals surface area (Å²) < 4.78 is 0. The van der Waals surface area contributed by atoms with Gasteiger partial charge in [0.1, 0.15) is 4.83 Å². The third-order valence-electron chi connectivity index (χ3n) is 3.42. The van der Waals surface area contributed by atoms with Gasteiger partial charge in [0.05, 0.1) is 5.39 Å². The topological polar surface area (TPSA) is 45.8 Å². The molecule has 0 unspecified atom stereocenters. The van der Waals surface area contributed by atoms with E-state index in [-0.39, 0.29) is 5.56 Å². The molecule has 0 amide bonds. The van der Waals surface area contributed by atoms with Crippen molar-refractivity contribution in [2.45, 2.75) is 38.3 Å². The van der Waals surface area contributed by atoms with Crippen molar-refractivity contribution in [3.63, 3.8) is 0 Å². The number of aryl methyl sites for hydroxylation is 1. The number of nitrogens with zero attached hydrogens (tertiary/aromatic N) is 1. The van der Waals surface area contributed by atoms with Gasteiger partial charge in [-0.05, 0) is 36.5 Å². The first kappa shape index (κ1) is 12.2. The Morgan fingerprint density at radius 2 is 2.39 bits per heavy atom. The fraction of sp³-hybridized carbons (Fsp3) is 0.538. The van der Waals surface area contributed by atoms with Crippen LogP contribution in [0, 0.1) is 5.92 Å². The van der Waals surface area contributed by atoms with Gasteiger partial charge in [-0.25, -0.2) is 4.98 Å². The van der Waals surface area contributed by atoms with Crippen molar-refractivity contribution in [1.29, 1.82) is 0 Å². The molecule has 0 spiro atoms. The van der Waals surface area contributed by atoms with E-state index in [4.69, 9.17) is 0 Å². The maximum Gasteiger partial charge on any atom is 0.260 e. The van der Waals surface area contributed by atoms with Gasteiger partial charge in [0, 0.05) is 4.88 Å². The predicted molar refractivity (Wildman–Crippen MR) is 77.8 cm³/mol. The molecule has 96 valence electrons. The normalized spacial score (nSPS) is 19.1. The molecule has 2 heterocycles. The average Bonchev–Trinajstić information content (AvgIpc) is 2.66. The Labute approximate surface area is 114 Å². The van der Waals surface area contributed by atoms with E-state index in [2.05, 4.69) is 23.8 Å². The highest BCUT2D eigenvalue weighted by molar-refractivity contribution is 7.99. The van der Waals surface area contributed by atoms with Crippen LogP contribution < -0.4 is 5.56 Å². The van der Waals surface area contributed by atoms with E-state index in [1.54, 1.807) is 23.1 Å². The van der Waals surface area contributed by atoms with Crippen molar-refractivity contribution < 1.29 is 0 Å². The zero-order valence-electron chi connectivity index (χ0n) is 10.6. The van der Waals surface area contributed by atoms with Crippen LogP contribution >= 0.6 is 23.1 Å². The summed E-state index contributed by atoms with van der Waals surface area (Å²) in [5.41, 5.74) is 1.30. The molecule has 3 rings (SSSR count). The summed E-state index contributed by atoms with van der Waals surface area (Å²) in [6.07, 6.45) is 3.32. The van der Waals surface area contributed by atoms with Crippen LogP contribution in [-0.2, 0) is 12.8 Å². The number of aromatic amines is 1. The molecule has 0 fully saturated rings. The molecule has 0 saturated heterocycles. The maximum atomic E-state index is 12.2. The van der Waals surface area contributed by atoms with E-state index in [0.717, 1.165) is 39.9 Å². The van der Waals surface area contributed by atoms with Gasteiger partial charge < -0.3 is 4.98 Å². The number of H-pyrrole nitrogens is 1. The van der Waals surface area contributed by atoms with Gasteiger partial charge in [0.25, 0.3) is 5.56 Å². The number of thioether (sulfide) groups is 1. The monoisotopic (exact) mass is 280 g/mol. The molecule has 1 aliphatic rings. The Hall–Kier alpha value is -0.810. The second-order valence-electron chi connectivity index (χ2n) is 4.84. The summed E-state index contributed by atoms with van der Waals surface area (Å²) in [4.78, 5) is 22.0. The molecule has 0 aliphatic heterocycles. The van der Waals surface area contributed by atoms with Crippen molar-refractivity contribution in [3.8, 4) is 0 Å². The van der Waals surface area contributed by atoms with Crippen LogP contribution in [0.1, 0.15) is 30.7 Å². The van der Waals surface area contributed by atoms with Crippen LogP contribution in [-0.4, -0.2) is 15.7 Å². The van der Waals surface area contributed by atoms with Crippen LogP contribution in [0.5, 0.6) is 0 Å². The van der Waals surface area contributed by atoms with Crippen molar-refractivity contribution >= 4 is 33.3 Å². The Bertz CT molecular complexity index is 644. The van der Waals surface area contributed by atoms with Gasteiger partial charge in [0.15, 0.2) is 5.16 Å². The molecule has 0 saturated carbocycles. The number of hydrogen-bond acceptors (Lipinski definition) is 4. The molecule has 0 bridgehead atoms. The van der Waals surface area contributed by atoms with Crippen LogP contribution in [0.3, 0.4) is 0 Å². The summed E-state index contributed by atoms with van der Waals surface area (Å²) in [6.45, 7) is 4.35. The minimum absolute atomic E-state index is 0.0444. The second-order valence-corrected chi connectivity index (χ2v) is 7.17. The Morgan fingerprint density at radius 3 is 3.17 bits per heavy atom. The summed E-state index contributed by atoms with van der Waals surface area (Å²) in [7, 11) is 0. The summed E-state index contributed by atoms with van der Waals surface area (Å²) in [6, 6.07) is 0. The fourth-order valence-electron chi connectivity index (χ4n) is 2.53. The molecule has 3 nitrogen and oxygen atoms in total. The third kappa shape index (κ3) is 1.99. The highest BCUT2D eigenvalue weighted by Gasteiger charge is 2.22. The molecule has 1 N–H and O–H groups in total. The quantitative estimate of drug-likeness (QED) is 0.678. The van der Waals surface area contributed by atoms with Gasteiger partial charge in [0.2, 0.25) is 0 Å². The lowest BCUT2D eigenvalue weighted by Crippen LogP contribution is -2.13. The van der Waals surface area contributed by atoms with E-state index in [9.17, 15) is 4.79 Å². The Balaban J connectivity index is 2.19. The standard InChI is InChI=1S/C13H16N2OS2/c1-3-17-13-14-11(16)10-8-5-4-7(2)6-9(8)18-12(10)15-13/h7H,3-6H2,1-2H3,(H,14,15,16)/t7-/m0/s1. The van der Waals surface area contributed by atoms with E-state index >= 15 is 0 Å². The van der Waals surface area contributed by atoms with Gasteiger partial charge in [-0.1, -0.05) is 25.6 Å². The highest BCUT2D eigenvalue weighted by Crippen LogP contribution is 2.35. The molecule has 1 atom stereocenters. The SMILES string of the molecule is CCSc1nc2sc3c(c2c(=O)[nH]1)CC[C@H](C)C3. The smallest absolute Gasteiger partial charge is 0.260 e. The molecule has 5 heteroatoms. The molecule has 1 aliphatic carbocycles. The Kier molecular flexibility index (Phi) is 3.20. The average molecular weight is 280 g/mol. The first-order valence-electron chi connectivity index (χ1n) is 6.36. The number of hydrogen-bond donors (Lipinski definition) is 1. The van der Waals surface area contributed by atoms with Gasteiger partial charge in [-0.3, -0.25) is 4.79 Å². The molecule has 18 heavy (non-hydrogen) atoms. The number of thiophene rings is 1. The van der Waals surface area contributed by atoms with Crippen molar-refractivity contribution in [2.24, 2.45) is 5.92 Å². The van der Waals surface area contributed by atoms with Crippen LogP contribution in [0.2, 0.25) is 0 Å². The number of rotatable bonds is 2. The zero-order valence-corrected chi connectivity index (χ0v) is 12.2. The maximum absolute atomic E-state index is 12.2. The summed E-state index contributed by atoms with van der Waals surface area (Å²) in [5, 5.41) is 1.60. The van der Waals surface area contributed by atoms with Crippen LogP contribution in [0.25, 0.3) is 10.2 Å². The lowest BCUT2D eigenvalue weighted by atomic mass is 9.89. The largest absolute Gasteiger partial charge is 0.301 e. The van der Waals surface area contributed by atoms with Gasteiger partial charge in [-0.2, -0.15) is 0 Å². The zero-order chi connectivity index (χ0) is 12.7. The van der Waals surface area contributed by atoms with Crippen molar-refractivity contribution in [1.82, 2.24) is 9.97 Å². The summed E-state index contributed by atoms with van der Waals surface area (Å²) in [5.74, 6) is 1.66. The van der Waals surface area contributed by atoms with E-state index in [1.807, 2.05) is 0 Å². The molecule has 2 aromatic heterocycles. The first-order valence-corrected chi connectivity index (χ1v) is 8.16. The summed E-state index contributed by atoms with van der Waals surface area (Å²) >= 11 is 3.30. The van der Waals surface area contributed by atoms with Crippen LogP contribution in [0.15, 0.2) is 9.95 Å². The van der Waals surface area contributed by atoms with Crippen molar-refractivity contribution in [3.05, 3.63) is 20.8 Å². The Morgan fingerprint density at radius 1 is 1.56 bits per heavy atom. The third-order valence-corrected chi connectivity index (χ3v) is 5.33. The fourth-order valence-corrected chi connectivity index (χ4v) is 4.57. The van der Waals surface area contributed by atoms with E-state index < -0.39 is 0 Å². The number of aromatic nitrogens is 2. The molecule has 0 radical (unpaired) electrons. The van der Waals surface area contributed by atoms with Gasteiger partial charge in [-0.15, -0.1) is 11.3 Å². The molecule has 0 aromatic carbocycles. The molecular formula is C13H16N2OS2. The number of fused-ring (bicyclic) bond motifs is 3. The van der Waals surface area contributed by atoms with E-state index in [0.29, 0.717) is 0 Å². The van der Waals surface area contributed by atoms with Crippen LogP contribution in [0.4, 0.5) is 0 Å². The lowest BCUT2D eigenvalue weighted by Gasteiger charge is -2.17. The lowest BCUT2D eigenvalue weighted by molar-refractivity contribution is 0.509. The predicted octanol–water partition coefficient (Wildman–Crippen LogP) is 3.22. The molecule has 2 aromatic rings. The van der Waals surface area contributed by atoms with Gasteiger partial charge >= 0.3 is 0 Å². The number of nitrogens with one attached hydrogen (secondary N) is 1.